The van der Waals surface area contributed by atoms with E-state index in [9.17, 15) is 0 Å². The molecule has 3 N–H and O–H groups in total. The zero-order valence-electron chi connectivity index (χ0n) is 7.05. The lowest BCUT2D eigenvalue weighted by Gasteiger charge is -2.36. The topological polar surface area (TPSA) is 55.5 Å². The van der Waals surface area contributed by atoms with E-state index in [1.165, 1.54) is 0 Å². The Morgan fingerprint density at radius 1 is 1.55 bits per heavy atom. The van der Waals surface area contributed by atoms with Crippen molar-refractivity contribution in [1.82, 2.24) is 0 Å². The van der Waals surface area contributed by atoms with Crippen molar-refractivity contribution in [3.05, 3.63) is 0 Å². The zero-order chi connectivity index (χ0) is 8.32. The van der Waals surface area contributed by atoms with Gasteiger partial charge in [0.1, 0.15) is 0 Å². The van der Waals surface area contributed by atoms with Crippen LogP contribution in [0.3, 0.4) is 0 Å². The standard InChI is InChI=1S/C8H17NO2/c1-11-8(6-10)4-2-7(9)3-5-8/h7,10H,2-6,9H2,1H3/t7-,8-. The fourth-order valence-electron chi connectivity index (χ4n) is 1.59. The van der Waals surface area contributed by atoms with Crippen LogP contribution in [0, 0.1) is 0 Å². The van der Waals surface area contributed by atoms with Gasteiger partial charge in [0.15, 0.2) is 0 Å². The molecule has 3 nitrogen and oxygen atoms in total. The maximum absolute atomic E-state index is 9.06. The van der Waals surface area contributed by atoms with Gasteiger partial charge in [0.25, 0.3) is 0 Å². The summed E-state index contributed by atoms with van der Waals surface area (Å²) >= 11 is 0. The van der Waals surface area contributed by atoms with Gasteiger partial charge in [0.05, 0.1) is 12.2 Å². The number of hydrogen-bond acceptors (Lipinski definition) is 3. The van der Waals surface area contributed by atoms with Crippen LogP contribution in [0.2, 0.25) is 0 Å². The molecule has 0 unspecified atom stereocenters. The van der Waals surface area contributed by atoms with Gasteiger partial charge >= 0.3 is 0 Å². The average molecular weight is 159 g/mol. The first-order chi connectivity index (χ1) is 5.22. The van der Waals surface area contributed by atoms with E-state index in [0.717, 1.165) is 25.7 Å². The normalized spacial score (nSPS) is 39.0. The number of aliphatic hydroxyl groups is 1. The molecule has 0 aromatic heterocycles. The minimum atomic E-state index is -0.282. The molecule has 0 radical (unpaired) electrons. The van der Waals surface area contributed by atoms with E-state index in [0.29, 0.717) is 6.04 Å². The van der Waals surface area contributed by atoms with Crippen molar-refractivity contribution in [3.8, 4) is 0 Å². The van der Waals surface area contributed by atoms with Gasteiger partial charge in [-0.15, -0.1) is 0 Å². The molecule has 0 atom stereocenters. The molecule has 11 heavy (non-hydrogen) atoms. The Morgan fingerprint density at radius 3 is 2.45 bits per heavy atom. The Hall–Kier alpha value is -0.120. The number of nitrogens with two attached hydrogens (primary N) is 1. The third-order valence-corrected chi connectivity index (χ3v) is 2.66. The van der Waals surface area contributed by atoms with Crippen LogP contribution in [0.25, 0.3) is 0 Å². The fourth-order valence-corrected chi connectivity index (χ4v) is 1.59. The van der Waals surface area contributed by atoms with Gasteiger partial charge in [-0.25, -0.2) is 0 Å². The van der Waals surface area contributed by atoms with Crippen LogP contribution >= 0.6 is 0 Å². The molecular formula is C8H17NO2. The van der Waals surface area contributed by atoms with Gasteiger partial charge in [-0.3, -0.25) is 0 Å². The monoisotopic (exact) mass is 159 g/mol. The van der Waals surface area contributed by atoms with E-state index in [2.05, 4.69) is 0 Å². The van der Waals surface area contributed by atoms with Crippen LogP contribution in [0.4, 0.5) is 0 Å². The molecule has 0 aliphatic heterocycles. The second-order valence-electron chi connectivity index (χ2n) is 3.38. The first-order valence-electron chi connectivity index (χ1n) is 4.14. The minimum absolute atomic E-state index is 0.121. The maximum atomic E-state index is 9.06. The van der Waals surface area contributed by atoms with Crippen LogP contribution in [-0.4, -0.2) is 30.5 Å². The molecule has 1 rings (SSSR count). The third kappa shape index (κ3) is 1.92. The highest BCUT2D eigenvalue weighted by Gasteiger charge is 2.33. The molecule has 3 heteroatoms. The van der Waals surface area contributed by atoms with Crippen LogP contribution in [0.15, 0.2) is 0 Å². The van der Waals surface area contributed by atoms with E-state index >= 15 is 0 Å². The van der Waals surface area contributed by atoms with Crippen molar-refractivity contribution in [2.75, 3.05) is 13.7 Å². The molecule has 66 valence electrons. The number of rotatable bonds is 2. The molecule has 1 fully saturated rings. The summed E-state index contributed by atoms with van der Waals surface area (Å²) in [5.74, 6) is 0. The summed E-state index contributed by atoms with van der Waals surface area (Å²) in [6, 6.07) is 0.310. The summed E-state index contributed by atoms with van der Waals surface area (Å²) in [6.45, 7) is 0.121. The Morgan fingerprint density at radius 2 is 2.09 bits per heavy atom. The SMILES string of the molecule is CO[C@]1(CO)CC[C@@H](N)CC1. The summed E-state index contributed by atoms with van der Waals surface area (Å²) in [6.07, 6.45) is 3.71. The molecule has 0 bridgehead atoms. The van der Waals surface area contributed by atoms with E-state index in [-0.39, 0.29) is 12.2 Å². The summed E-state index contributed by atoms with van der Waals surface area (Å²) in [7, 11) is 1.66. The Labute approximate surface area is 67.5 Å². The molecule has 0 heterocycles. The predicted octanol–water partition coefficient (Wildman–Crippen LogP) is 0.265. The van der Waals surface area contributed by atoms with Gasteiger partial charge < -0.3 is 15.6 Å². The molecule has 0 amide bonds. The van der Waals surface area contributed by atoms with Crippen molar-refractivity contribution >= 4 is 0 Å². The lowest BCUT2D eigenvalue weighted by Crippen LogP contribution is -2.43. The maximum Gasteiger partial charge on any atom is 0.0909 e. The Bertz CT molecular complexity index is 113. The Kier molecular flexibility index (Phi) is 2.87. The highest BCUT2D eigenvalue weighted by Crippen LogP contribution is 2.29. The average Bonchev–Trinajstić information content (AvgIpc) is 2.07. The third-order valence-electron chi connectivity index (χ3n) is 2.66. The smallest absolute Gasteiger partial charge is 0.0909 e. The summed E-state index contributed by atoms with van der Waals surface area (Å²) in [5.41, 5.74) is 5.45. The van der Waals surface area contributed by atoms with Gasteiger partial charge in [-0.1, -0.05) is 0 Å². The van der Waals surface area contributed by atoms with Crippen LogP contribution in [-0.2, 0) is 4.74 Å². The highest BCUT2D eigenvalue weighted by atomic mass is 16.5. The van der Waals surface area contributed by atoms with Crippen molar-refractivity contribution < 1.29 is 9.84 Å². The second-order valence-corrected chi connectivity index (χ2v) is 3.38. The van der Waals surface area contributed by atoms with Crippen LogP contribution < -0.4 is 5.73 Å². The number of hydrogen-bond donors (Lipinski definition) is 2. The number of aliphatic hydroxyl groups excluding tert-OH is 1. The summed E-state index contributed by atoms with van der Waals surface area (Å²) in [5, 5.41) is 9.06. The first-order valence-corrected chi connectivity index (χ1v) is 4.14. The largest absolute Gasteiger partial charge is 0.393 e. The van der Waals surface area contributed by atoms with Gasteiger partial charge in [0.2, 0.25) is 0 Å². The molecule has 0 aromatic carbocycles. The van der Waals surface area contributed by atoms with E-state index in [1.54, 1.807) is 7.11 Å². The number of methoxy groups -OCH3 is 1. The summed E-state index contributed by atoms with van der Waals surface area (Å²) < 4.78 is 5.27. The lowest BCUT2D eigenvalue weighted by atomic mass is 9.83. The van der Waals surface area contributed by atoms with E-state index in [4.69, 9.17) is 15.6 Å². The Balaban J connectivity index is 2.45. The number of ether oxygens (including phenoxy) is 1. The lowest BCUT2D eigenvalue weighted by molar-refractivity contribution is -0.0778. The van der Waals surface area contributed by atoms with Gasteiger partial charge in [-0.05, 0) is 25.7 Å². The molecule has 1 aliphatic carbocycles. The van der Waals surface area contributed by atoms with Gasteiger partial charge in [-0.2, -0.15) is 0 Å². The van der Waals surface area contributed by atoms with Crippen molar-refractivity contribution in [3.63, 3.8) is 0 Å². The first kappa shape index (κ1) is 8.97. The van der Waals surface area contributed by atoms with Crippen LogP contribution in [0.1, 0.15) is 25.7 Å². The van der Waals surface area contributed by atoms with Crippen molar-refractivity contribution in [2.24, 2.45) is 5.73 Å². The molecule has 0 aromatic rings. The minimum Gasteiger partial charge on any atom is -0.393 e. The van der Waals surface area contributed by atoms with Crippen molar-refractivity contribution in [2.45, 2.75) is 37.3 Å². The van der Waals surface area contributed by atoms with Crippen LogP contribution in [0.5, 0.6) is 0 Å². The van der Waals surface area contributed by atoms with E-state index < -0.39 is 0 Å². The molecule has 1 aliphatic rings. The highest BCUT2D eigenvalue weighted by molar-refractivity contribution is 4.87. The fraction of sp³-hybridized carbons (Fsp3) is 1.00. The molecule has 0 spiro atoms. The van der Waals surface area contributed by atoms with Gasteiger partial charge in [0, 0.05) is 13.2 Å². The van der Waals surface area contributed by atoms with Crippen molar-refractivity contribution in [1.29, 1.82) is 0 Å². The zero-order valence-corrected chi connectivity index (χ0v) is 7.05. The molecule has 0 saturated heterocycles. The quantitative estimate of drug-likeness (QED) is 0.608. The molecule has 1 saturated carbocycles. The van der Waals surface area contributed by atoms with E-state index in [1.807, 2.05) is 0 Å². The summed E-state index contributed by atoms with van der Waals surface area (Å²) in [4.78, 5) is 0. The second kappa shape index (κ2) is 3.52. The molecular weight excluding hydrogens is 142 g/mol. The predicted molar refractivity (Wildman–Crippen MR) is 43.3 cm³/mol.